The number of hydrogen-bond acceptors (Lipinski definition) is 5. The lowest BCUT2D eigenvalue weighted by atomic mass is 10.3. The van der Waals surface area contributed by atoms with E-state index >= 15 is 0 Å². The summed E-state index contributed by atoms with van der Waals surface area (Å²) >= 11 is 0. The average molecular weight is 294 g/mol. The Morgan fingerprint density at radius 1 is 1.19 bits per heavy atom. The first-order valence-electron chi connectivity index (χ1n) is 6.48. The predicted molar refractivity (Wildman–Crippen MR) is 76.5 cm³/mol. The largest absolute Gasteiger partial charge is 0.374 e. The number of hydrogen-bond donors (Lipinski definition) is 2. The molecular weight excluding hydrogens is 278 g/mol. The molecule has 1 aromatic carbocycles. The fourth-order valence-corrected chi connectivity index (χ4v) is 1.69. The Morgan fingerprint density at radius 2 is 1.95 bits per heavy atom. The van der Waals surface area contributed by atoms with Gasteiger partial charge >= 0.3 is 0 Å². The Hall–Kier alpha value is -2.28. The molecule has 0 bridgehead atoms. The summed E-state index contributed by atoms with van der Waals surface area (Å²) in [5, 5.41) is 5.62. The van der Waals surface area contributed by atoms with Crippen molar-refractivity contribution in [3.63, 3.8) is 0 Å². The number of ether oxygens (including phenoxy) is 1. The first kappa shape index (κ1) is 15.1. The van der Waals surface area contributed by atoms with Gasteiger partial charge in [0.05, 0.1) is 5.69 Å². The Bertz CT molecular complexity index is 622. The molecule has 2 aromatic rings. The van der Waals surface area contributed by atoms with E-state index in [2.05, 4.69) is 20.6 Å². The summed E-state index contributed by atoms with van der Waals surface area (Å²) in [6, 6.07) is 5.50. The second-order valence-electron chi connectivity index (χ2n) is 4.17. The van der Waals surface area contributed by atoms with Crippen molar-refractivity contribution in [3.8, 4) is 0 Å². The lowest BCUT2D eigenvalue weighted by Crippen LogP contribution is -2.06. The van der Waals surface area contributed by atoms with Crippen molar-refractivity contribution < 1.29 is 13.5 Å². The molecule has 0 aliphatic heterocycles. The highest BCUT2D eigenvalue weighted by molar-refractivity contribution is 5.59. The molecule has 0 spiro atoms. The second-order valence-corrected chi connectivity index (χ2v) is 4.17. The highest BCUT2D eigenvalue weighted by Crippen LogP contribution is 2.22. The van der Waals surface area contributed by atoms with Crippen LogP contribution in [-0.2, 0) is 11.3 Å². The van der Waals surface area contributed by atoms with Crippen LogP contribution in [0.25, 0.3) is 0 Å². The quantitative estimate of drug-likeness (QED) is 0.857. The molecular formula is C14H16F2N4O. The SMILES string of the molecule is CCOCc1nc(NC)cc(Nc2cccc(F)c2F)n1. The van der Waals surface area contributed by atoms with Gasteiger partial charge in [0.1, 0.15) is 18.2 Å². The number of nitrogens with one attached hydrogen (secondary N) is 2. The van der Waals surface area contributed by atoms with Crippen molar-refractivity contribution in [3.05, 3.63) is 41.7 Å². The van der Waals surface area contributed by atoms with Gasteiger partial charge in [-0.15, -0.1) is 0 Å². The molecule has 0 radical (unpaired) electrons. The first-order valence-corrected chi connectivity index (χ1v) is 6.48. The Labute approximate surface area is 121 Å². The third-order valence-corrected chi connectivity index (χ3v) is 2.68. The van der Waals surface area contributed by atoms with E-state index in [0.717, 1.165) is 6.07 Å². The smallest absolute Gasteiger partial charge is 0.182 e. The van der Waals surface area contributed by atoms with Crippen molar-refractivity contribution in [2.24, 2.45) is 0 Å². The van der Waals surface area contributed by atoms with Crippen molar-refractivity contribution in [1.29, 1.82) is 0 Å². The molecule has 2 N–H and O–H groups in total. The maximum atomic E-state index is 13.7. The number of benzene rings is 1. The van der Waals surface area contributed by atoms with Crippen LogP contribution in [0.4, 0.5) is 26.1 Å². The second kappa shape index (κ2) is 6.94. The first-order chi connectivity index (χ1) is 10.1. The molecule has 0 atom stereocenters. The zero-order chi connectivity index (χ0) is 15.2. The molecule has 1 heterocycles. The Kier molecular flexibility index (Phi) is 4.99. The maximum absolute atomic E-state index is 13.7. The Morgan fingerprint density at radius 3 is 2.67 bits per heavy atom. The standard InChI is InChI=1S/C14H16F2N4O/c1-3-21-8-13-19-11(17-2)7-12(20-13)18-10-6-4-5-9(15)14(10)16/h4-7H,3,8H2,1-2H3,(H2,17,18,19,20). The summed E-state index contributed by atoms with van der Waals surface area (Å²) in [6.07, 6.45) is 0. The van der Waals surface area contributed by atoms with E-state index in [9.17, 15) is 8.78 Å². The summed E-state index contributed by atoms with van der Waals surface area (Å²) in [7, 11) is 1.71. The summed E-state index contributed by atoms with van der Waals surface area (Å²) in [5.74, 6) is -0.513. The lowest BCUT2D eigenvalue weighted by molar-refractivity contribution is 0.128. The average Bonchev–Trinajstić information content (AvgIpc) is 2.49. The minimum absolute atomic E-state index is 0.0121. The van der Waals surface area contributed by atoms with Crippen molar-refractivity contribution in [1.82, 2.24) is 9.97 Å². The number of nitrogens with zero attached hydrogens (tertiary/aromatic N) is 2. The van der Waals surface area contributed by atoms with Gasteiger partial charge in [-0.2, -0.15) is 0 Å². The molecule has 0 saturated heterocycles. The molecule has 0 fully saturated rings. The van der Waals surface area contributed by atoms with Gasteiger partial charge < -0.3 is 15.4 Å². The predicted octanol–water partition coefficient (Wildman–Crippen LogP) is 3.08. The van der Waals surface area contributed by atoms with Crippen LogP contribution in [0.3, 0.4) is 0 Å². The van der Waals surface area contributed by atoms with Gasteiger partial charge in [0.15, 0.2) is 17.5 Å². The molecule has 7 heteroatoms. The van der Waals surface area contributed by atoms with Crippen molar-refractivity contribution >= 4 is 17.3 Å². The summed E-state index contributed by atoms with van der Waals surface area (Å²) in [4.78, 5) is 8.42. The van der Waals surface area contributed by atoms with Crippen LogP contribution >= 0.6 is 0 Å². The molecule has 0 amide bonds. The van der Waals surface area contributed by atoms with E-state index in [1.54, 1.807) is 13.1 Å². The highest BCUT2D eigenvalue weighted by Gasteiger charge is 2.10. The number of halogens is 2. The van der Waals surface area contributed by atoms with Crippen LogP contribution in [0.5, 0.6) is 0 Å². The van der Waals surface area contributed by atoms with Gasteiger partial charge in [0.25, 0.3) is 0 Å². The Balaban J connectivity index is 2.28. The van der Waals surface area contributed by atoms with E-state index in [-0.39, 0.29) is 12.3 Å². The lowest BCUT2D eigenvalue weighted by Gasteiger charge is -2.10. The van der Waals surface area contributed by atoms with E-state index < -0.39 is 11.6 Å². The molecule has 0 aliphatic rings. The van der Waals surface area contributed by atoms with Gasteiger partial charge in [0, 0.05) is 19.7 Å². The highest BCUT2D eigenvalue weighted by atomic mass is 19.2. The summed E-state index contributed by atoms with van der Waals surface area (Å²) in [5.41, 5.74) is 0.0121. The van der Waals surface area contributed by atoms with Gasteiger partial charge in [-0.05, 0) is 19.1 Å². The van der Waals surface area contributed by atoms with Gasteiger partial charge in [-0.25, -0.2) is 18.7 Å². The van der Waals surface area contributed by atoms with Crippen LogP contribution in [0.2, 0.25) is 0 Å². The van der Waals surface area contributed by atoms with Crippen LogP contribution < -0.4 is 10.6 Å². The minimum atomic E-state index is -0.950. The van der Waals surface area contributed by atoms with Gasteiger partial charge in [-0.3, -0.25) is 0 Å². The third kappa shape index (κ3) is 3.85. The summed E-state index contributed by atoms with van der Waals surface area (Å²) < 4.78 is 32.1. The van der Waals surface area contributed by atoms with E-state index in [1.807, 2.05) is 6.92 Å². The van der Waals surface area contributed by atoms with Crippen molar-refractivity contribution in [2.75, 3.05) is 24.3 Å². The molecule has 1 aromatic heterocycles. The van der Waals surface area contributed by atoms with Crippen molar-refractivity contribution in [2.45, 2.75) is 13.5 Å². The maximum Gasteiger partial charge on any atom is 0.182 e. The van der Waals surface area contributed by atoms with Crippen LogP contribution in [-0.4, -0.2) is 23.6 Å². The van der Waals surface area contributed by atoms with Crippen LogP contribution in [0.1, 0.15) is 12.7 Å². The topological polar surface area (TPSA) is 59.1 Å². The number of anilines is 3. The normalized spacial score (nSPS) is 10.5. The van der Waals surface area contributed by atoms with E-state index in [4.69, 9.17) is 4.74 Å². The van der Waals surface area contributed by atoms with Gasteiger partial charge in [0.2, 0.25) is 0 Å². The summed E-state index contributed by atoms with van der Waals surface area (Å²) in [6.45, 7) is 2.64. The van der Waals surface area contributed by atoms with E-state index in [1.165, 1.54) is 12.1 Å². The number of rotatable bonds is 6. The zero-order valence-corrected chi connectivity index (χ0v) is 11.8. The molecule has 0 unspecified atom stereocenters. The van der Waals surface area contributed by atoms with Crippen LogP contribution in [0, 0.1) is 11.6 Å². The third-order valence-electron chi connectivity index (χ3n) is 2.68. The molecule has 0 saturated carbocycles. The van der Waals surface area contributed by atoms with E-state index in [0.29, 0.717) is 24.1 Å². The fourth-order valence-electron chi connectivity index (χ4n) is 1.69. The molecule has 2 rings (SSSR count). The zero-order valence-electron chi connectivity index (χ0n) is 11.8. The minimum Gasteiger partial charge on any atom is -0.374 e. The molecule has 5 nitrogen and oxygen atoms in total. The number of aromatic nitrogens is 2. The molecule has 0 aliphatic carbocycles. The van der Waals surface area contributed by atoms with Gasteiger partial charge in [-0.1, -0.05) is 6.07 Å². The molecule has 21 heavy (non-hydrogen) atoms. The van der Waals surface area contributed by atoms with Crippen LogP contribution in [0.15, 0.2) is 24.3 Å². The molecule has 112 valence electrons. The monoisotopic (exact) mass is 294 g/mol. The fraction of sp³-hybridized carbons (Fsp3) is 0.286.